The Morgan fingerprint density at radius 3 is 2.43 bits per heavy atom. The van der Waals surface area contributed by atoms with Crippen LogP contribution < -0.4 is 0 Å². The summed E-state index contributed by atoms with van der Waals surface area (Å²) in [4.78, 5) is 10.6. The molecule has 4 nitrogen and oxygen atoms in total. The molecule has 0 bridgehead atoms. The van der Waals surface area contributed by atoms with Crippen LogP contribution in [-0.4, -0.2) is 48.3 Å². The van der Waals surface area contributed by atoms with Gasteiger partial charge in [0, 0.05) is 6.92 Å². The predicted octanol–water partition coefficient (Wildman–Crippen LogP) is 0.773. The third kappa shape index (κ3) is 7.38. The third-order valence-electron chi connectivity index (χ3n) is 1.30. The highest BCUT2D eigenvalue weighted by Gasteiger charge is 2.11. The summed E-state index contributed by atoms with van der Waals surface area (Å²) >= 11 is 10.9. The van der Waals surface area contributed by atoms with E-state index in [1.807, 2.05) is 0 Å². The highest BCUT2D eigenvalue weighted by Crippen LogP contribution is 1.98. The molecule has 0 aromatic rings. The summed E-state index contributed by atoms with van der Waals surface area (Å²) in [6.45, 7) is 1.57. The quantitative estimate of drug-likeness (QED) is 0.531. The van der Waals surface area contributed by atoms with Crippen LogP contribution in [0, 0.1) is 0 Å². The molecule has 0 amide bonds. The van der Waals surface area contributed by atoms with Crippen molar-refractivity contribution in [2.45, 2.75) is 19.1 Å². The summed E-state index contributed by atoms with van der Waals surface area (Å²) in [5.74, 6) is -0.132. The molecule has 0 aliphatic carbocycles. The van der Waals surface area contributed by atoms with Crippen molar-refractivity contribution in [3.8, 4) is 0 Å². The van der Waals surface area contributed by atoms with Crippen molar-refractivity contribution in [3.63, 3.8) is 0 Å². The molecule has 0 aliphatic rings. The van der Waals surface area contributed by atoms with Crippen molar-refractivity contribution in [1.82, 2.24) is 0 Å². The van der Waals surface area contributed by atoms with Gasteiger partial charge in [0.2, 0.25) is 0 Å². The van der Waals surface area contributed by atoms with Gasteiger partial charge in [-0.05, 0) is 0 Å². The Hall–Kier alpha value is -0.0300. The molecule has 0 spiro atoms. The van der Waals surface area contributed by atoms with E-state index in [2.05, 4.69) is 0 Å². The number of ether oxygens (including phenoxy) is 2. The van der Waals surface area contributed by atoms with E-state index < -0.39 is 18.2 Å². The van der Waals surface area contributed by atoms with Gasteiger partial charge in [-0.1, -0.05) is 0 Å². The first kappa shape index (κ1) is 14.0. The molecule has 0 aromatic heterocycles. The number of hydrogen-bond acceptors (Lipinski definition) is 4. The molecule has 0 saturated heterocycles. The Morgan fingerprint density at radius 2 is 2.00 bits per heavy atom. The number of aliphatic hydroxyl groups is 1. The fraction of sp³-hybridized carbons (Fsp3) is 0.875. The molecule has 0 rings (SSSR count). The number of carbonyl (C=O) groups excluding carboxylic acids is 1. The van der Waals surface area contributed by atoms with Crippen molar-refractivity contribution < 1.29 is 19.4 Å². The van der Waals surface area contributed by atoms with Crippen molar-refractivity contribution in [3.05, 3.63) is 0 Å². The molecule has 0 aliphatic heterocycles. The largest absolute Gasteiger partial charge is 0.459 e. The second kappa shape index (κ2) is 8.29. The summed E-state index contributed by atoms with van der Waals surface area (Å²) < 4.78 is 9.85. The zero-order valence-electron chi connectivity index (χ0n) is 7.91. The van der Waals surface area contributed by atoms with Crippen LogP contribution in [0.2, 0.25) is 0 Å². The van der Waals surface area contributed by atoms with Crippen LogP contribution >= 0.6 is 23.2 Å². The average molecular weight is 245 g/mol. The van der Waals surface area contributed by atoms with Gasteiger partial charge in [0.05, 0.1) is 31.1 Å². The first-order valence-corrected chi connectivity index (χ1v) is 5.22. The topological polar surface area (TPSA) is 55.8 Å². The normalized spacial score (nSPS) is 14.9. The Kier molecular flexibility index (Phi) is 8.27. The summed E-state index contributed by atoms with van der Waals surface area (Å²) in [6.07, 6.45) is -1.18. The van der Waals surface area contributed by atoms with Crippen LogP contribution in [0.3, 0.4) is 0 Å². The molecule has 84 valence electrons. The van der Waals surface area contributed by atoms with E-state index in [1.165, 1.54) is 6.92 Å². The highest BCUT2D eigenvalue weighted by molar-refractivity contribution is 6.18. The Balaban J connectivity index is 3.57. The van der Waals surface area contributed by atoms with Crippen molar-refractivity contribution in [1.29, 1.82) is 0 Å². The molecule has 1 N–H and O–H groups in total. The Morgan fingerprint density at radius 1 is 1.36 bits per heavy atom. The van der Waals surface area contributed by atoms with Crippen LogP contribution in [0.15, 0.2) is 0 Å². The summed E-state index contributed by atoms with van der Waals surface area (Å²) in [5, 5.41) is 9.03. The van der Waals surface area contributed by atoms with E-state index in [-0.39, 0.29) is 25.0 Å². The van der Waals surface area contributed by atoms with Gasteiger partial charge in [-0.25, -0.2) is 0 Å². The van der Waals surface area contributed by atoms with Gasteiger partial charge in [0.1, 0.15) is 6.10 Å². The molecule has 0 radical (unpaired) electrons. The SMILES string of the molecule is CC(=O)OC(CCl)COCC(O)CCl. The summed E-state index contributed by atoms with van der Waals surface area (Å²) in [5.41, 5.74) is 0. The van der Waals surface area contributed by atoms with E-state index in [0.717, 1.165) is 0 Å². The van der Waals surface area contributed by atoms with Crippen molar-refractivity contribution in [2.75, 3.05) is 25.0 Å². The first-order chi connectivity index (χ1) is 6.60. The lowest BCUT2D eigenvalue weighted by Gasteiger charge is -2.15. The van der Waals surface area contributed by atoms with Crippen LogP contribution in [0.4, 0.5) is 0 Å². The minimum Gasteiger partial charge on any atom is -0.459 e. The van der Waals surface area contributed by atoms with Crippen molar-refractivity contribution >= 4 is 29.2 Å². The average Bonchev–Trinajstić information content (AvgIpc) is 2.15. The van der Waals surface area contributed by atoms with E-state index in [1.54, 1.807) is 0 Å². The highest BCUT2D eigenvalue weighted by atomic mass is 35.5. The number of hydrogen-bond donors (Lipinski definition) is 1. The first-order valence-electron chi connectivity index (χ1n) is 4.15. The molecule has 0 aromatic carbocycles. The van der Waals surface area contributed by atoms with Gasteiger partial charge in [-0.3, -0.25) is 4.79 Å². The third-order valence-corrected chi connectivity index (χ3v) is 2.00. The van der Waals surface area contributed by atoms with E-state index >= 15 is 0 Å². The fourth-order valence-corrected chi connectivity index (χ4v) is 0.966. The molecule has 0 fully saturated rings. The Labute approximate surface area is 93.1 Å². The van der Waals surface area contributed by atoms with E-state index in [4.69, 9.17) is 37.8 Å². The lowest BCUT2D eigenvalue weighted by Crippen LogP contribution is -2.27. The maximum atomic E-state index is 10.6. The smallest absolute Gasteiger partial charge is 0.303 e. The summed E-state index contributed by atoms with van der Waals surface area (Å²) in [7, 11) is 0. The van der Waals surface area contributed by atoms with Gasteiger partial charge in [-0.2, -0.15) is 0 Å². The zero-order valence-corrected chi connectivity index (χ0v) is 9.42. The maximum Gasteiger partial charge on any atom is 0.303 e. The molecule has 2 atom stereocenters. The van der Waals surface area contributed by atoms with Crippen molar-refractivity contribution in [2.24, 2.45) is 0 Å². The summed E-state index contributed by atoms with van der Waals surface area (Å²) in [6, 6.07) is 0. The van der Waals surface area contributed by atoms with Gasteiger partial charge >= 0.3 is 5.97 Å². The lowest BCUT2D eigenvalue weighted by molar-refractivity contribution is -0.148. The molecule has 6 heteroatoms. The number of alkyl halides is 2. The molecular formula is C8H14Cl2O4. The molecule has 14 heavy (non-hydrogen) atoms. The fourth-order valence-electron chi connectivity index (χ4n) is 0.725. The lowest BCUT2D eigenvalue weighted by atomic mass is 10.4. The number of rotatable bonds is 7. The minimum absolute atomic E-state index is 0.109. The van der Waals surface area contributed by atoms with Gasteiger partial charge in [0.25, 0.3) is 0 Å². The van der Waals surface area contributed by atoms with Crippen LogP contribution in [-0.2, 0) is 14.3 Å². The standard InChI is InChI=1S/C8H14Cl2O4/c1-6(11)14-8(3-10)5-13-4-7(12)2-9/h7-8,12H,2-5H2,1H3. The molecule has 0 heterocycles. The van der Waals surface area contributed by atoms with Crippen LogP contribution in [0.1, 0.15) is 6.92 Å². The van der Waals surface area contributed by atoms with Gasteiger partial charge in [-0.15, -0.1) is 23.2 Å². The Bertz CT molecular complexity index is 165. The number of halogens is 2. The number of esters is 1. The monoisotopic (exact) mass is 244 g/mol. The van der Waals surface area contributed by atoms with Gasteiger partial charge < -0.3 is 14.6 Å². The maximum absolute atomic E-state index is 10.6. The van der Waals surface area contributed by atoms with Gasteiger partial charge in [0.15, 0.2) is 0 Å². The van der Waals surface area contributed by atoms with Crippen LogP contribution in [0.5, 0.6) is 0 Å². The second-order valence-corrected chi connectivity index (χ2v) is 3.35. The van der Waals surface area contributed by atoms with Crippen LogP contribution in [0.25, 0.3) is 0 Å². The number of aliphatic hydroxyl groups excluding tert-OH is 1. The number of carbonyl (C=O) groups is 1. The van der Waals surface area contributed by atoms with E-state index in [0.29, 0.717) is 0 Å². The second-order valence-electron chi connectivity index (χ2n) is 2.73. The minimum atomic E-state index is -0.704. The zero-order chi connectivity index (χ0) is 11.0. The molecule has 2 unspecified atom stereocenters. The molecule has 0 saturated carbocycles. The van der Waals surface area contributed by atoms with E-state index in [9.17, 15) is 4.79 Å². The molecular weight excluding hydrogens is 231 g/mol. The predicted molar refractivity (Wildman–Crippen MR) is 53.8 cm³/mol.